The molecule has 27 heavy (non-hydrogen) atoms. The van der Waals surface area contributed by atoms with Gasteiger partial charge in [-0.05, 0) is 41.1 Å². The summed E-state index contributed by atoms with van der Waals surface area (Å²) in [7, 11) is 0. The number of amides is 2. The third-order valence-corrected chi connectivity index (χ3v) is 5.99. The molecule has 1 atom stereocenters. The zero-order valence-corrected chi connectivity index (χ0v) is 15.9. The first kappa shape index (κ1) is 17.7. The van der Waals surface area contributed by atoms with Gasteiger partial charge in [-0.2, -0.15) is 0 Å². The summed E-state index contributed by atoms with van der Waals surface area (Å²) < 4.78 is 0. The van der Waals surface area contributed by atoms with Gasteiger partial charge in [-0.3, -0.25) is 9.59 Å². The van der Waals surface area contributed by atoms with Crippen molar-refractivity contribution in [2.75, 3.05) is 13.1 Å². The quantitative estimate of drug-likeness (QED) is 0.744. The Hall–Kier alpha value is -2.66. The average Bonchev–Trinajstić information content (AvgIpc) is 3.25. The van der Waals surface area contributed by atoms with Gasteiger partial charge >= 0.3 is 0 Å². The van der Waals surface area contributed by atoms with Gasteiger partial charge in [0.25, 0.3) is 5.91 Å². The summed E-state index contributed by atoms with van der Waals surface area (Å²) in [6.45, 7) is 1.75. The smallest absolute Gasteiger partial charge is 0.254 e. The lowest BCUT2D eigenvalue weighted by Gasteiger charge is -2.32. The van der Waals surface area contributed by atoms with Gasteiger partial charge in [0.2, 0.25) is 5.91 Å². The molecule has 138 valence electrons. The molecule has 1 aliphatic rings. The van der Waals surface area contributed by atoms with E-state index < -0.39 is 0 Å². The van der Waals surface area contributed by atoms with Gasteiger partial charge in [0.15, 0.2) is 0 Å². The fraction of sp³-hybridized carbons (Fsp3) is 0.273. The van der Waals surface area contributed by atoms with Crippen LogP contribution >= 0.6 is 11.3 Å². The molecule has 5 heteroatoms. The summed E-state index contributed by atoms with van der Waals surface area (Å²) in [4.78, 5) is 28.7. The van der Waals surface area contributed by atoms with Crippen LogP contribution in [-0.2, 0) is 11.3 Å². The van der Waals surface area contributed by atoms with Crippen LogP contribution in [0.2, 0.25) is 0 Å². The van der Waals surface area contributed by atoms with E-state index in [1.807, 2.05) is 64.9 Å². The minimum Gasteiger partial charge on any atom is -0.351 e. The molecule has 2 aromatic carbocycles. The maximum atomic E-state index is 13.1. The van der Waals surface area contributed by atoms with Gasteiger partial charge in [-0.15, -0.1) is 11.3 Å². The molecule has 0 bridgehead atoms. The number of likely N-dealkylation sites (tertiary alicyclic amines) is 1. The molecule has 2 amide bonds. The van der Waals surface area contributed by atoms with E-state index in [1.165, 1.54) is 0 Å². The van der Waals surface area contributed by atoms with Crippen molar-refractivity contribution in [1.82, 2.24) is 10.2 Å². The Balaban J connectivity index is 1.45. The highest BCUT2D eigenvalue weighted by atomic mass is 32.1. The fourth-order valence-corrected chi connectivity index (χ4v) is 4.33. The Kier molecular flexibility index (Phi) is 5.21. The number of nitrogens with zero attached hydrogens (tertiary/aromatic N) is 1. The van der Waals surface area contributed by atoms with Crippen LogP contribution in [-0.4, -0.2) is 29.8 Å². The van der Waals surface area contributed by atoms with E-state index in [4.69, 9.17) is 0 Å². The number of thiophene rings is 1. The number of rotatable bonds is 4. The van der Waals surface area contributed by atoms with E-state index in [2.05, 4.69) is 5.32 Å². The standard InChI is InChI=1S/C22H22N2O2S/c25-21(23-14-18-9-5-13-27-18)17-8-4-12-24(15-17)22(26)20-11-3-7-16-6-1-2-10-19(16)20/h1-3,5-7,9-11,13,17H,4,8,12,14-15H2,(H,23,25)/t17-/m0/s1. The maximum absolute atomic E-state index is 13.1. The van der Waals surface area contributed by atoms with Crippen molar-refractivity contribution in [3.8, 4) is 0 Å². The zero-order valence-electron chi connectivity index (χ0n) is 15.1. The minimum atomic E-state index is -0.141. The molecular formula is C22H22N2O2S. The summed E-state index contributed by atoms with van der Waals surface area (Å²) in [5.41, 5.74) is 0.716. The third-order valence-electron chi connectivity index (χ3n) is 5.12. The molecule has 1 saturated heterocycles. The molecule has 0 spiro atoms. The Morgan fingerprint density at radius 1 is 1.07 bits per heavy atom. The van der Waals surface area contributed by atoms with Crippen molar-refractivity contribution in [3.63, 3.8) is 0 Å². The van der Waals surface area contributed by atoms with Crippen molar-refractivity contribution in [3.05, 3.63) is 70.4 Å². The molecule has 4 nitrogen and oxygen atoms in total. The minimum absolute atomic E-state index is 0.0163. The number of nitrogens with one attached hydrogen (secondary N) is 1. The Bertz CT molecular complexity index is 947. The van der Waals surface area contributed by atoms with E-state index in [9.17, 15) is 9.59 Å². The van der Waals surface area contributed by atoms with E-state index in [-0.39, 0.29) is 17.7 Å². The first-order valence-electron chi connectivity index (χ1n) is 9.29. The van der Waals surface area contributed by atoms with Crippen LogP contribution in [0.4, 0.5) is 0 Å². The molecule has 1 aliphatic heterocycles. The Morgan fingerprint density at radius 3 is 2.78 bits per heavy atom. The first-order chi connectivity index (χ1) is 13.2. The van der Waals surface area contributed by atoms with Crippen LogP contribution in [0.5, 0.6) is 0 Å². The van der Waals surface area contributed by atoms with Crippen molar-refractivity contribution < 1.29 is 9.59 Å². The molecule has 0 aliphatic carbocycles. The number of carbonyl (C=O) groups excluding carboxylic acids is 2. The zero-order chi connectivity index (χ0) is 18.6. The molecule has 4 rings (SSSR count). The van der Waals surface area contributed by atoms with Gasteiger partial charge in [0.05, 0.1) is 12.5 Å². The van der Waals surface area contributed by atoms with Crippen molar-refractivity contribution in [2.45, 2.75) is 19.4 Å². The van der Waals surface area contributed by atoms with Crippen LogP contribution < -0.4 is 5.32 Å². The van der Waals surface area contributed by atoms with Crippen LogP contribution in [0.1, 0.15) is 28.1 Å². The highest BCUT2D eigenvalue weighted by Gasteiger charge is 2.29. The van der Waals surface area contributed by atoms with Gasteiger partial charge in [0, 0.05) is 23.5 Å². The molecule has 3 aromatic rings. The predicted octanol–water partition coefficient (Wildman–Crippen LogP) is 4.07. The van der Waals surface area contributed by atoms with Gasteiger partial charge in [-0.1, -0.05) is 42.5 Å². The molecule has 1 aromatic heterocycles. The number of benzene rings is 2. The predicted molar refractivity (Wildman–Crippen MR) is 109 cm³/mol. The Labute approximate surface area is 162 Å². The third kappa shape index (κ3) is 3.88. The number of carbonyl (C=O) groups is 2. The summed E-state index contributed by atoms with van der Waals surface area (Å²) in [5, 5.41) is 7.05. The van der Waals surface area contributed by atoms with E-state index in [0.717, 1.165) is 28.5 Å². The summed E-state index contributed by atoms with van der Waals surface area (Å²) >= 11 is 1.64. The summed E-state index contributed by atoms with van der Waals surface area (Å²) in [5.74, 6) is -0.0842. The summed E-state index contributed by atoms with van der Waals surface area (Å²) in [6, 6.07) is 17.8. The van der Waals surface area contributed by atoms with Crippen molar-refractivity contribution >= 4 is 33.9 Å². The lowest BCUT2D eigenvalue weighted by molar-refractivity contribution is -0.126. The molecule has 1 N–H and O–H groups in total. The number of hydrogen-bond acceptors (Lipinski definition) is 3. The Morgan fingerprint density at radius 2 is 1.93 bits per heavy atom. The highest BCUT2D eigenvalue weighted by Crippen LogP contribution is 2.23. The van der Waals surface area contributed by atoms with Crippen LogP contribution in [0.3, 0.4) is 0 Å². The van der Waals surface area contributed by atoms with Gasteiger partial charge in [0.1, 0.15) is 0 Å². The SMILES string of the molecule is O=C(NCc1cccs1)[C@H]1CCCN(C(=O)c2cccc3ccccc23)C1. The fourth-order valence-electron chi connectivity index (χ4n) is 3.69. The lowest BCUT2D eigenvalue weighted by atomic mass is 9.95. The highest BCUT2D eigenvalue weighted by molar-refractivity contribution is 7.09. The van der Waals surface area contributed by atoms with Gasteiger partial charge < -0.3 is 10.2 Å². The number of fused-ring (bicyclic) bond motifs is 1. The monoisotopic (exact) mass is 378 g/mol. The second kappa shape index (κ2) is 7.92. The maximum Gasteiger partial charge on any atom is 0.254 e. The first-order valence-corrected chi connectivity index (χ1v) is 10.2. The van der Waals surface area contributed by atoms with E-state index >= 15 is 0 Å². The van der Waals surface area contributed by atoms with Crippen molar-refractivity contribution in [1.29, 1.82) is 0 Å². The van der Waals surface area contributed by atoms with Crippen molar-refractivity contribution in [2.24, 2.45) is 5.92 Å². The normalized spacial score (nSPS) is 17.0. The largest absolute Gasteiger partial charge is 0.351 e. The summed E-state index contributed by atoms with van der Waals surface area (Å²) in [6.07, 6.45) is 1.68. The molecule has 1 fully saturated rings. The number of hydrogen-bond donors (Lipinski definition) is 1. The number of piperidine rings is 1. The van der Waals surface area contributed by atoms with Crippen LogP contribution in [0.25, 0.3) is 10.8 Å². The van der Waals surface area contributed by atoms with Crippen LogP contribution in [0.15, 0.2) is 60.0 Å². The molecule has 0 unspecified atom stereocenters. The molecule has 0 radical (unpaired) electrons. The van der Waals surface area contributed by atoms with Crippen LogP contribution in [0, 0.1) is 5.92 Å². The molecule has 0 saturated carbocycles. The second-order valence-electron chi connectivity index (χ2n) is 6.91. The average molecular weight is 378 g/mol. The van der Waals surface area contributed by atoms with E-state index in [1.54, 1.807) is 11.3 Å². The topological polar surface area (TPSA) is 49.4 Å². The molecule has 2 heterocycles. The van der Waals surface area contributed by atoms with Gasteiger partial charge in [-0.25, -0.2) is 0 Å². The lowest BCUT2D eigenvalue weighted by Crippen LogP contribution is -2.45. The van der Waals surface area contributed by atoms with E-state index in [0.29, 0.717) is 25.2 Å². The molecular weight excluding hydrogens is 356 g/mol. The second-order valence-corrected chi connectivity index (χ2v) is 7.95.